The summed E-state index contributed by atoms with van der Waals surface area (Å²) in [5, 5.41) is 2.66. The van der Waals surface area contributed by atoms with E-state index in [-0.39, 0.29) is 6.04 Å². The van der Waals surface area contributed by atoms with Crippen LogP contribution in [0.3, 0.4) is 0 Å². The number of carbonyl (C=O) groups is 1. The predicted octanol–water partition coefficient (Wildman–Crippen LogP) is 0.401. The third kappa shape index (κ3) is 2.49. The van der Waals surface area contributed by atoms with Crippen LogP contribution in [0, 0.1) is 5.82 Å². The minimum absolute atomic E-state index is 0.156. The fourth-order valence-corrected chi connectivity index (χ4v) is 2.50. The third-order valence-electron chi connectivity index (χ3n) is 3.50. The smallest absolute Gasteiger partial charge is 0.334 e. The van der Waals surface area contributed by atoms with Crippen molar-refractivity contribution in [3.8, 4) is 0 Å². The van der Waals surface area contributed by atoms with Gasteiger partial charge in [0.2, 0.25) is 5.82 Å². The number of carbonyl (C=O) groups excluding carboxylic acids is 1. The highest BCUT2D eigenvalue weighted by Gasteiger charge is 2.23. The quantitative estimate of drug-likeness (QED) is 0.797. The van der Waals surface area contributed by atoms with Crippen molar-refractivity contribution in [2.45, 2.75) is 18.9 Å². The zero-order valence-electron chi connectivity index (χ0n) is 10.9. The molecular formula is C14H12FN3O3. The van der Waals surface area contributed by atoms with Crippen molar-refractivity contribution in [1.82, 2.24) is 14.9 Å². The number of benzene rings is 1. The number of amides is 1. The standard InChI is InChI=1S/C14H12FN3O3/c15-11-7-18(14(21)17-12(11)19)13(20)16-10-5-8-3-1-2-4-9(8)6-10/h1-4,7,10H,5-6H2,(H,16,20)(H,17,19,21). The average molecular weight is 289 g/mol. The van der Waals surface area contributed by atoms with Crippen molar-refractivity contribution in [3.05, 3.63) is 68.2 Å². The molecule has 7 heteroatoms. The molecule has 1 aliphatic carbocycles. The summed E-state index contributed by atoms with van der Waals surface area (Å²) < 4.78 is 13.7. The van der Waals surface area contributed by atoms with Gasteiger partial charge in [-0.3, -0.25) is 9.78 Å². The lowest BCUT2D eigenvalue weighted by molar-refractivity contribution is 0.237. The number of aromatic amines is 1. The zero-order valence-corrected chi connectivity index (χ0v) is 10.9. The van der Waals surface area contributed by atoms with Gasteiger partial charge in [-0.2, -0.15) is 4.39 Å². The van der Waals surface area contributed by atoms with Crippen molar-refractivity contribution in [2.24, 2.45) is 0 Å². The Hall–Kier alpha value is -2.70. The summed E-state index contributed by atoms with van der Waals surface area (Å²) in [7, 11) is 0. The first-order valence-corrected chi connectivity index (χ1v) is 6.44. The monoisotopic (exact) mass is 289 g/mol. The van der Waals surface area contributed by atoms with Crippen molar-refractivity contribution in [2.75, 3.05) is 0 Å². The molecule has 1 heterocycles. The molecule has 6 nitrogen and oxygen atoms in total. The minimum atomic E-state index is -1.18. The molecule has 0 fully saturated rings. The SMILES string of the molecule is O=C(NC1Cc2ccccc2C1)n1cc(F)c(=O)[nH]c1=O. The summed E-state index contributed by atoms with van der Waals surface area (Å²) >= 11 is 0. The number of H-pyrrole nitrogens is 1. The number of hydrogen-bond donors (Lipinski definition) is 2. The van der Waals surface area contributed by atoms with Gasteiger partial charge in [0.1, 0.15) is 0 Å². The Morgan fingerprint density at radius 2 is 1.86 bits per heavy atom. The van der Waals surface area contributed by atoms with Crippen LogP contribution in [0.4, 0.5) is 9.18 Å². The van der Waals surface area contributed by atoms with Crippen LogP contribution in [0.1, 0.15) is 11.1 Å². The highest BCUT2D eigenvalue weighted by Crippen LogP contribution is 2.21. The van der Waals surface area contributed by atoms with E-state index in [1.54, 1.807) is 4.98 Å². The molecule has 2 aromatic rings. The summed E-state index contributed by atoms with van der Waals surface area (Å²) in [5.41, 5.74) is 0.178. The molecule has 1 aliphatic rings. The topological polar surface area (TPSA) is 84.0 Å². The molecule has 0 saturated carbocycles. The number of rotatable bonds is 1. The summed E-state index contributed by atoms with van der Waals surface area (Å²) in [4.78, 5) is 36.2. The lowest BCUT2D eigenvalue weighted by Crippen LogP contribution is -2.44. The fourth-order valence-electron chi connectivity index (χ4n) is 2.50. The van der Waals surface area contributed by atoms with Gasteiger partial charge in [-0.05, 0) is 24.0 Å². The van der Waals surface area contributed by atoms with E-state index in [9.17, 15) is 18.8 Å². The number of nitrogens with one attached hydrogen (secondary N) is 2. The number of aromatic nitrogens is 2. The second kappa shape index (κ2) is 5.01. The van der Waals surface area contributed by atoms with Crippen molar-refractivity contribution in [1.29, 1.82) is 0 Å². The van der Waals surface area contributed by atoms with Crippen LogP contribution in [0.5, 0.6) is 0 Å². The lowest BCUT2D eigenvalue weighted by Gasteiger charge is -2.12. The summed E-state index contributed by atoms with van der Waals surface area (Å²) in [5.74, 6) is -1.18. The van der Waals surface area contributed by atoms with Crippen LogP contribution in [0.25, 0.3) is 0 Å². The van der Waals surface area contributed by atoms with Gasteiger partial charge < -0.3 is 5.32 Å². The van der Waals surface area contributed by atoms with Gasteiger partial charge in [0.25, 0.3) is 5.56 Å². The second-order valence-electron chi connectivity index (χ2n) is 4.93. The molecule has 1 amide bonds. The fraction of sp³-hybridized carbons (Fsp3) is 0.214. The van der Waals surface area contributed by atoms with Crippen LogP contribution in [-0.4, -0.2) is 21.6 Å². The molecule has 1 aromatic carbocycles. The van der Waals surface area contributed by atoms with Gasteiger partial charge in [-0.1, -0.05) is 24.3 Å². The maximum atomic E-state index is 13.2. The maximum Gasteiger partial charge on any atom is 0.336 e. The molecule has 0 saturated heterocycles. The number of halogens is 1. The highest BCUT2D eigenvalue weighted by molar-refractivity contribution is 5.76. The summed E-state index contributed by atoms with van der Waals surface area (Å²) in [6.45, 7) is 0. The minimum Gasteiger partial charge on any atom is -0.334 e. The van der Waals surface area contributed by atoms with Gasteiger partial charge in [0, 0.05) is 6.04 Å². The zero-order chi connectivity index (χ0) is 15.0. The molecule has 0 unspecified atom stereocenters. The van der Waals surface area contributed by atoms with E-state index in [2.05, 4.69) is 5.32 Å². The van der Waals surface area contributed by atoms with Crippen molar-refractivity contribution < 1.29 is 9.18 Å². The Morgan fingerprint density at radius 3 is 2.48 bits per heavy atom. The van der Waals surface area contributed by atoms with Gasteiger partial charge >= 0.3 is 11.7 Å². The predicted molar refractivity (Wildman–Crippen MR) is 72.8 cm³/mol. The Kier molecular flexibility index (Phi) is 3.17. The van der Waals surface area contributed by atoms with E-state index in [4.69, 9.17) is 0 Å². The van der Waals surface area contributed by atoms with Crippen LogP contribution in [0.15, 0.2) is 40.1 Å². The average Bonchev–Trinajstić information content (AvgIpc) is 2.84. The summed E-state index contributed by atoms with van der Waals surface area (Å²) in [6, 6.07) is 6.89. The third-order valence-corrected chi connectivity index (χ3v) is 3.50. The Morgan fingerprint density at radius 1 is 1.24 bits per heavy atom. The van der Waals surface area contributed by atoms with E-state index in [0.29, 0.717) is 23.6 Å². The molecular weight excluding hydrogens is 277 g/mol. The molecule has 0 radical (unpaired) electrons. The van der Waals surface area contributed by atoms with Gasteiger partial charge in [0.05, 0.1) is 6.20 Å². The van der Waals surface area contributed by atoms with Crippen LogP contribution < -0.4 is 16.6 Å². The van der Waals surface area contributed by atoms with E-state index in [1.807, 2.05) is 24.3 Å². The maximum absolute atomic E-state index is 13.2. The van der Waals surface area contributed by atoms with E-state index in [1.165, 1.54) is 0 Å². The first-order valence-electron chi connectivity index (χ1n) is 6.44. The molecule has 108 valence electrons. The number of nitrogens with zero attached hydrogens (tertiary/aromatic N) is 1. The molecule has 21 heavy (non-hydrogen) atoms. The van der Waals surface area contributed by atoms with Crippen molar-refractivity contribution in [3.63, 3.8) is 0 Å². The molecule has 0 aliphatic heterocycles. The van der Waals surface area contributed by atoms with Gasteiger partial charge in [-0.25, -0.2) is 14.2 Å². The van der Waals surface area contributed by atoms with Crippen molar-refractivity contribution >= 4 is 6.03 Å². The normalized spacial score (nSPS) is 14.0. The highest BCUT2D eigenvalue weighted by atomic mass is 19.1. The molecule has 0 atom stereocenters. The van der Waals surface area contributed by atoms with E-state index < -0.39 is 23.1 Å². The Balaban J connectivity index is 1.78. The summed E-state index contributed by atoms with van der Waals surface area (Å²) in [6.07, 6.45) is 1.91. The van der Waals surface area contributed by atoms with Gasteiger partial charge in [-0.15, -0.1) is 0 Å². The molecule has 0 bridgehead atoms. The number of fused-ring (bicyclic) bond motifs is 1. The van der Waals surface area contributed by atoms with Gasteiger partial charge in [0.15, 0.2) is 0 Å². The second-order valence-corrected chi connectivity index (χ2v) is 4.93. The largest absolute Gasteiger partial charge is 0.336 e. The number of hydrogen-bond acceptors (Lipinski definition) is 3. The lowest BCUT2D eigenvalue weighted by atomic mass is 10.1. The van der Waals surface area contributed by atoms with Crippen LogP contribution in [-0.2, 0) is 12.8 Å². The molecule has 2 N–H and O–H groups in total. The van der Waals surface area contributed by atoms with Crippen LogP contribution >= 0.6 is 0 Å². The first kappa shape index (κ1) is 13.3. The Bertz CT molecular complexity index is 800. The van der Waals surface area contributed by atoms with Crippen LogP contribution in [0.2, 0.25) is 0 Å². The molecule has 1 aromatic heterocycles. The van der Waals surface area contributed by atoms with E-state index in [0.717, 1.165) is 11.1 Å². The molecule has 3 rings (SSSR count). The Labute approximate surface area is 118 Å². The molecule has 0 spiro atoms. The first-order chi connectivity index (χ1) is 10.0. The van der Waals surface area contributed by atoms with E-state index >= 15 is 0 Å².